The minimum absolute atomic E-state index is 0.0241. The summed E-state index contributed by atoms with van der Waals surface area (Å²) >= 11 is 6.76. The molecule has 4 atom stereocenters. The molecule has 268 valence electrons. The number of hydrogen-bond acceptors (Lipinski definition) is 12. The van der Waals surface area contributed by atoms with Gasteiger partial charge in [0.15, 0.2) is 9.74 Å². The molecule has 6 fully saturated rings. The molecule has 13 nitrogen and oxygen atoms in total. The molecule has 6 rings (SSSR count). The molecule has 0 bridgehead atoms. The van der Waals surface area contributed by atoms with E-state index < -0.39 is 33.0 Å². The lowest BCUT2D eigenvalue weighted by atomic mass is 10.00. The Labute approximate surface area is 295 Å². The number of thioether (sulfide) groups is 2. The Morgan fingerprint density at radius 2 is 0.917 bits per heavy atom. The van der Waals surface area contributed by atoms with Crippen LogP contribution < -0.4 is 0 Å². The third kappa shape index (κ3) is 7.06. The Morgan fingerprint density at radius 1 is 0.583 bits per heavy atom. The van der Waals surface area contributed by atoms with Gasteiger partial charge in [0.25, 0.3) is 23.6 Å². The summed E-state index contributed by atoms with van der Waals surface area (Å²) in [6.45, 7) is 6.55. The van der Waals surface area contributed by atoms with Gasteiger partial charge in [0.2, 0.25) is 11.4 Å². The number of amides is 4. The van der Waals surface area contributed by atoms with E-state index in [1.165, 1.54) is 23.5 Å². The Bertz CT molecular complexity index is 1250. The summed E-state index contributed by atoms with van der Waals surface area (Å²) < 4.78 is 0. The maximum atomic E-state index is 13.5. The van der Waals surface area contributed by atoms with E-state index in [1.807, 2.05) is 0 Å². The molecule has 6 aliphatic heterocycles. The van der Waals surface area contributed by atoms with Gasteiger partial charge in [0.05, 0.1) is 0 Å². The zero-order valence-corrected chi connectivity index (χ0v) is 30.6. The van der Waals surface area contributed by atoms with Crippen LogP contribution in [0.1, 0.15) is 91.4 Å². The Morgan fingerprint density at radius 3 is 1.23 bits per heavy atom. The van der Waals surface area contributed by atoms with Gasteiger partial charge < -0.3 is 29.8 Å². The third-order valence-electron chi connectivity index (χ3n) is 9.76. The SMILES string of the molecule is CC(=O)CCS.CC(=O)CCS[C@]12CCCN1C(=O)[C@@]1(SCCC(C)=O)CCCN1C2=O.O=C1N2CCC[C@@]2(O)C(=O)N2CCC[C@@]12O. The molecule has 2 N–H and O–H groups in total. The fraction of sp³-hybridized carbons (Fsp3) is 0.781. The zero-order valence-electron chi connectivity index (χ0n) is 28.0. The molecule has 0 radical (unpaired) electrons. The first-order chi connectivity index (χ1) is 22.6. The second-order valence-electron chi connectivity index (χ2n) is 13.2. The molecule has 0 aromatic heterocycles. The van der Waals surface area contributed by atoms with Crippen LogP contribution in [0.3, 0.4) is 0 Å². The number of Topliss-reactive ketones (excluding diaryl/α,β-unsaturated/α-hetero) is 3. The average Bonchev–Trinajstić information content (AvgIpc) is 3.81. The number of rotatable bonds is 10. The number of carbonyl (C=O) groups is 7. The summed E-state index contributed by atoms with van der Waals surface area (Å²) in [6.07, 6.45) is 6.10. The van der Waals surface area contributed by atoms with Crippen molar-refractivity contribution in [1.29, 1.82) is 0 Å². The van der Waals surface area contributed by atoms with E-state index in [1.54, 1.807) is 30.6 Å². The van der Waals surface area contributed by atoms with Crippen molar-refractivity contribution in [3.63, 3.8) is 0 Å². The Balaban J connectivity index is 0.000000199. The molecule has 0 saturated carbocycles. The van der Waals surface area contributed by atoms with E-state index in [-0.39, 0.29) is 42.0 Å². The van der Waals surface area contributed by atoms with Gasteiger partial charge in [0.1, 0.15) is 17.3 Å². The molecule has 48 heavy (non-hydrogen) atoms. The van der Waals surface area contributed by atoms with Gasteiger partial charge in [0, 0.05) is 69.8 Å². The minimum atomic E-state index is -1.70. The van der Waals surface area contributed by atoms with Crippen molar-refractivity contribution in [2.24, 2.45) is 0 Å². The predicted octanol–water partition coefficient (Wildman–Crippen LogP) is 1.58. The van der Waals surface area contributed by atoms with E-state index in [2.05, 4.69) is 12.6 Å². The zero-order chi connectivity index (χ0) is 35.5. The molecule has 0 aromatic rings. The minimum Gasteiger partial charge on any atom is -0.363 e. The highest BCUT2D eigenvalue weighted by Gasteiger charge is 2.67. The van der Waals surface area contributed by atoms with Crippen LogP contribution in [0.4, 0.5) is 0 Å². The van der Waals surface area contributed by atoms with Crippen LogP contribution in [-0.4, -0.2) is 135 Å². The van der Waals surface area contributed by atoms with Gasteiger partial charge in [-0.25, -0.2) is 0 Å². The lowest BCUT2D eigenvalue weighted by Crippen LogP contribution is -2.73. The molecule has 0 unspecified atom stereocenters. The molecule has 6 aliphatic rings. The lowest BCUT2D eigenvalue weighted by molar-refractivity contribution is -0.221. The van der Waals surface area contributed by atoms with Crippen molar-refractivity contribution >= 4 is 77.1 Å². The number of nitrogens with zero attached hydrogens (tertiary/aromatic N) is 4. The quantitative estimate of drug-likeness (QED) is 0.279. The normalized spacial score (nSPS) is 31.8. The maximum Gasteiger partial charge on any atom is 0.278 e. The second-order valence-corrected chi connectivity index (χ2v) is 16.4. The van der Waals surface area contributed by atoms with Crippen molar-refractivity contribution in [1.82, 2.24) is 19.6 Å². The first kappa shape index (κ1) is 38.7. The molecule has 0 aromatic carbocycles. The van der Waals surface area contributed by atoms with Crippen LogP contribution in [0.15, 0.2) is 0 Å². The van der Waals surface area contributed by atoms with Gasteiger partial charge in [-0.15, -0.1) is 23.5 Å². The molecular formula is C32H48N4O9S3. The summed E-state index contributed by atoms with van der Waals surface area (Å²) in [5.41, 5.74) is -3.40. The van der Waals surface area contributed by atoms with Gasteiger partial charge in [-0.3, -0.25) is 33.6 Å². The summed E-state index contributed by atoms with van der Waals surface area (Å²) in [4.78, 5) is 87.9. The predicted molar refractivity (Wildman–Crippen MR) is 184 cm³/mol. The number of carbonyl (C=O) groups excluding carboxylic acids is 7. The highest BCUT2D eigenvalue weighted by Crippen LogP contribution is 2.53. The van der Waals surface area contributed by atoms with Crippen molar-refractivity contribution in [3.8, 4) is 0 Å². The van der Waals surface area contributed by atoms with Crippen LogP contribution in [0, 0.1) is 0 Å². The van der Waals surface area contributed by atoms with E-state index >= 15 is 0 Å². The topological polar surface area (TPSA) is 173 Å². The van der Waals surface area contributed by atoms with Gasteiger partial charge in [-0.05, 0) is 65.0 Å². The van der Waals surface area contributed by atoms with E-state index in [9.17, 15) is 43.8 Å². The summed E-state index contributed by atoms with van der Waals surface area (Å²) in [5, 5.41) is 20.4. The summed E-state index contributed by atoms with van der Waals surface area (Å²) in [5.74, 6) is 1.21. The van der Waals surface area contributed by atoms with E-state index in [0.717, 1.165) is 22.6 Å². The number of thiol groups is 1. The van der Waals surface area contributed by atoms with E-state index in [4.69, 9.17) is 0 Å². The highest BCUT2D eigenvalue weighted by molar-refractivity contribution is 8.02. The van der Waals surface area contributed by atoms with Gasteiger partial charge in [-0.1, -0.05) is 0 Å². The van der Waals surface area contributed by atoms with Crippen LogP contribution in [0.5, 0.6) is 0 Å². The maximum absolute atomic E-state index is 13.5. The largest absolute Gasteiger partial charge is 0.363 e. The average molecular weight is 729 g/mol. The Kier molecular flexibility index (Phi) is 12.4. The summed E-state index contributed by atoms with van der Waals surface area (Å²) in [6, 6.07) is 0. The van der Waals surface area contributed by atoms with Crippen LogP contribution >= 0.6 is 36.2 Å². The number of hydrogen-bond donors (Lipinski definition) is 3. The molecule has 4 amide bonds. The molecule has 0 aliphatic carbocycles. The van der Waals surface area contributed by atoms with Gasteiger partial charge >= 0.3 is 0 Å². The number of aliphatic hydroxyl groups is 2. The lowest BCUT2D eigenvalue weighted by Gasteiger charge is -2.52. The molecule has 6 saturated heterocycles. The highest BCUT2D eigenvalue weighted by atomic mass is 32.2. The Hall–Kier alpha value is -2.14. The van der Waals surface area contributed by atoms with Crippen LogP contribution in [-0.2, 0) is 33.6 Å². The smallest absolute Gasteiger partial charge is 0.278 e. The van der Waals surface area contributed by atoms with Crippen LogP contribution in [0.2, 0.25) is 0 Å². The number of fused-ring (bicyclic) bond motifs is 4. The molecular weight excluding hydrogens is 681 g/mol. The third-order valence-corrected chi connectivity index (χ3v) is 13.0. The molecule has 6 heterocycles. The van der Waals surface area contributed by atoms with Crippen molar-refractivity contribution in [2.45, 2.75) is 113 Å². The molecule has 16 heteroatoms. The van der Waals surface area contributed by atoms with E-state index in [0.29, 0.717) is 88.4 Å². The van der Waals surface area contributed by atoms with Gasteiger partial charge in [-0.2, -0.15) is 12.6 Å². The number of ketones is 3. The standard InChI is InChI=1S/C18H26N2O4S2.C10H14N2O4.C4H8OS/c1-13(21)5-11-25-17-7-3-9-19(17)16(24)18(26-12-6-14(2)22)8-4-10-20(18)15(17)23;13-7-9(15)3-1-5-11(9)8(14)10(16)4-2-6-12(7)10;1-4(5)2-3-6/h3-12H2,1-2H3;15-16H,1-6H2;6H,2-3H2,1H3/t17-,18-;9-,10-;/m01./s1. The van der Waals surface area contributed by atoms with Crippen LogP contribution in [0.25, 0.3) is 0 Å². The molecule has 0 spiro atoms. The first-order valence-corrected chi connectivity index (χ1v) is 19.3. The van der Waals surface area contributed by atoms with Crippen molar-refractivity contribution < 1.29 is 43.8 Å². The summed E-state index contributed by atoms with van der Waals surface area (Å²) in [7, 11) is 0. The monoisotopic (exact) mass is 728 g/mol. The fourth-order valence-corrected chi connectivity index (χ4v) is 10.8. The fourth-order valence-electron chi connectivity index (χ4n) is 7.31. The number of piperazine rings is 2. The van der Waals surface area contributed by atoms with Crippen molar-refractivity contribution in [2.75, 3.05) is 43.4 Å². The first-order valence-electron chi connectivity index (χ1n) is 16.7. The second kappa shape index (κ2) is 15.4. The van der Waals surface area contributed by atoms with Crippen molar-refractivity contribution in [3.05, 3.63) is 0 Å².